The second-order valence-corrected chi connectivity index (χ2v) is 6.09. The van der Waals surface area contributed by atoms with E-state index in [1.54, 1.807) is 30.7 Å². The van der Waals surface area contributed by atoms with Gasteiger partial charge >= 0.3 is 0 Å². The van der Waals surface area contributed by atoms with Crippen molar-refractivity contribution in [1.82, 2.24) is 30.5 Å². The summed E-state index contributed by atoms with van der Waals surface area (Å²) in [6.45, 7) is 3.13. The first-order valence-corrected chi connectivity index (χ1v) is 9.01. The molecule has 0 unspecified atom stereocenters. The van der Waals surface area contributed by atoms with Crippen LogP contribution < -0.4 is 16.2 Å². The summed E-state index contributed by atoms with van der Waals surface area (Å²) in [6.07, 6.45) is 6.97. The van der Waals surface area contributed by atoms with Crippen LogP contribution in [0.5, 0.6) is 0 Å². The summed E-state index contributed by atoms with van der Waals surface area (Å²) in [6, 6.07) is 6.71. The van der Waals surface area contributed by atoms with Crippen LogP contribution >= 0.6 is 0 Å². The van der Waals surface area contributed by atoms with Crippen LogP contribution in [0.25, 0.3) is 11.4 Å². The van der Waals surface area contributed by atoms with Crippen molar-refractivity contribution in [3.8, 4) is 11.4 Å². The Labute approximate surface area is 161 Å². The summed E-state index contributed by atoms with van der Waals surface area (Å²) >= 11 is 0. The van der Waals surface area contributed by atoms with Gasteiger partial charge in [0.25, 0.3) is 11.5 Å². The lowest BCUT2D eigenvalue weighted by Crippen LogP contribution is -2.29. The molecule has 3 heterocycles. The number of nitrogens with one attached hydrogen (secondary N) is 3. The molecule has 3 aromatic rings. The zero-order valence-corrected chi connectivity index (χ0v) is 15.5. The van der Waals surface area contributed by atoms with E-state index in [2.05, 4.69) is 42.7 Å². The number of amides is 1. The number of carbonyl (C=O) groups is 1. The number of aromatic amines is 1. The normalized spacial score (nSPS) is 10.5. The standard InChI is InChI=1S/C19H21N7O2/c1-2-3-8-21-19-22-9-6-15(24-19)16-10-14(18(28)26-25-16)17(27)23-12-13-5-4-7-20-11-13/h4-7,9-11H,2-3,8,12H2,1H3,(H,23,27)(H,26,28)(H,21,22,24). The number of rotatable bonds is 8. The highest BCUT2D eigenvalue weighted by molar-refractivity contribution is 5.94. The summed E-state index contributed by atoms with van der Waals surface area (Å²) in [7, 11) is 0. The summed E-state index contributed by atoms with van der Waals surface area (Å²) < 4.78 is 0. The third-order valence-corrected chi connectivity index (χ3v) is 3.96. The highest BCUT2D eigenvalue weighted by Gasteiger charge is 2.14. The lowest BCUT2D eigenvalue weighted by Gasteiger charge is -2.07. The molecular weight excluding hydrogens is 358 g/mol. The first kappa shape index (κ1) is 19.2. The number of unbranched alkanes of at least 4 members (excludes halogenated alkanes) is 1. The number of anilines is 1. The van der Waals surface area contributed by atoms with Crippen LogP contribution in [0, 0.1) is 0 Å². The van der Waals surface area contributed by atoms with Crippen LogP contribution in [0.3, 0.4) is 0 Å². The van der Waals surface area contributed by atoms with Gasteiger partial charge < -0.3 is 10.6 Å². The van der Waals surface area contributed by atoms with E-state index in [0.29, 0.717) is 17.3 Å². The van der Waals surface area contributed by atoms with Crippen molar-refractivity contribution < 1.29 is 4.79 Å². The number of hydrogen-bond donors (Lipinski definition) is 3. The molecule has 28 heavy (non-hydrogen) atoms. The van der Waals surface area contributed by atoms with Crippen LogP contribution in [0.2, 0.25) is 0 Å². The lowest BCUT2D eigenvalue weighted by molar-refractivity contribution is 0.0949. The molecule has 3 N–H and O–H groups in total. The Hall–Kier alpha value is -3.62. The summed E-state index contributed by atoms with van der Waals surface area (Å²) in [4.78, 5) is 37.1. The number of H-pyrrole nitrogens is 1. The van der Waals surface area contributed by atoms with Gasteiger partial charge in [0.05, 0.1) is 5.69 Å². The fourth-order valence-electron chi connectivity index (χ4n) is 2.45. The number of nitrogens with zero attached hydrogens (tertiary/aromatic N) is 4. The van der Waals surface area contributed by atoms with E-state index >= 15 is 0 Å². The third-order valence-electron chi connectivity index (χ3n) is 3.96. The third kappa shape index (κ3) is 4.97. The molecule has 0 saturated heterocycles. The molecular formula is C19H21N7O2. The zero-order valence-electron chi connectivity index (χ0n) is 15.5. The predicted molar refractivity (Wildman–Crippen MR) is 105 cm³/mol. The fraction of sp³-hybridized carbons (Fsp3) is 0.263. The molecule has 0 saturated carbocycles. The van der Waals surface area contributed by atoms with Crippen molar-refractivity contribution in [2.24, 2.45) is 0 Å². The molecule has 1 amide bonds. The van der Waals surface area contributed by atoms with Gasteiger partial charge in [0.15, 0.2) is 0 Å². The largest absolute Gasteiger partial charge is 0.354 e. The van der Waals surface area contributed by atoms with E-state index < -0.39 is 11.5 Å². The molecule has 0 fully saturated rings. The van der Waals surface area contributed by atoms with Crippen molar-refractivity contribution in [3.63, 3.8) is 0 Å². The molecule has 0 spiro atoms. The Morgan fingerprint density at radius 2 is 2.11 bits per heavy atom. The minimum atomic E-state index is -0.567. The van der Waals surface area contributed by atoms with Gasteiger partial charge in [-0.15, -0.1) is 0 Å². The van der Waals surface area contributed by atoms with Crippen molar-refractivity contribution >= 4 is 11.9 Å². The SMILES string of the molecule is CCCCNc1nccc(-c2cc(C(=O)NCc3cccnc3)c(=O)[nH]n2)n1. The monoisotopic (exact) mass is 379 g/mol. The number of pyridine rings is 1. The molecule has 0 radical (unpaired) electrons. The van der Waals surface area contributed by atoms with Crippen LogP contribution in [-0.2, 0) is 6.54 Å². The lowest BCUT2D eigenvalue weighted by atomic mass is 10.2. The topological polar surface area (TPSA) is 126 Å². The molecule has 9 nitrogen and oxygen atoms in total. The van der Waals surface area contributed by atoms with Gasteiger partial charge in [0.1, 0.15) is 11.3 Å². The fourth-order valence-corrected chi connectivity index (χ4v) is 2.45. The van der Waals surface area contributed by atoms with Crippen LogP contribution in [-0.4, -0.2) is 37.6 Å². The maximum atomic E-state index is 12.4. The van der Waals surface area contributed by atoms with Crippen LogP contribution in [0.15, 0.2) is 47.7 Å². The van der Waals surface area contributed by atoms with Gasteiger partial charge in [-0.1, -0.05) is 19.4 Å². The van der Waals surface area contributed by atoms with Crippen LogP contribution in [0.4, 0.5) is 5.95 Å². The average molecular weight is 379 g/mol. The summed E-state index contributed by atoms with van der Waals surface area (Å²) in [5.41, 5.74) is 1.12. The summed E-state index contributed by atoms with van der Waals surface area (Å²) in [5, 5.41) is 12.2. The maximum absolute atomic E-state index is 12.4. The average Bonchev–Trinajstić information content (AvgIpc) is 2.73. The molecule has 3 aromatic heterocycles. The van der Waals surface area contributed by atoms with Crippen molar-refractivity contribution in [3.05, 3.63) is 64.3 Å². The van der Waals surface area contributed by atoms with E-state index in [1.807, 2.05) is 6.07 Å². The zero-order chi connectivity index (χ0) is 19.8. The molecule has 9 heteroatoms. The van der Waals surface area contributed by atoms with Crippen molar-refractivity contribution in [2.75, 3.05) is 11.9 Å². The van der Waals surface area contributed by atoms with E-state index in [9.17, 15) is 9.59 Å². The first-order valence-electron chi connectivity index (χ1n) is 9.01. The van der Waals surface area contributed by atoms with Gasteiger partial charge in [-0.05, 0) is 30.2 Å². The van der Waals surface area contributed by atoms with Gasteiger partial charge in [-0.25, -0.2) is 15.1 Å². The molecule has 0 aliphatic heterocycles. The maximum Gasteiger partial charge on any atom is 0.277 e. The predicted octanol–water partition coefficient (Wildman–Crippen LogP) is 1.76. The number of hydrogen-bond acceptors (Lipinski definition) is 7. The molecule has 0 aliphatic rings. The Bertz CT molecular complexity index is 989. The molecule has 0 aliphatic carbocycles. The second-order valence-electron chi connectivity index (χ2n) is 6.09. The molecule has 0 aromatic carbocycles. The Balaban J connectivity index is 1.76. The molecule has 0 bridgehead atoms. The van der Waals surface area contributed by atoms with E-state index in [0.717, 1.165) is 24.9 Å². The smallest absolute Gasteiger partial charge is 0.277 e. The van der Waals surface area contributed by atoms with Crippen molar-refractivity contribution in [2.45, 2.75) is 26.3 Å². The molecule has 144 valence electrons. The quantitative estimate of drug-likeness (QED) is 0.509. The number of aromatic nitrogens is 5. The Kier molecular flexibility index (Phi) is 6.40. The van der Waals surface area contributed by atoms with Crippen LogP contribution in [0.1, 0.15) is 35.7 Å². The first-order chi connectivity index (χ1) is 13.7. The van der Waals surface area contributed by atoms with Gasteiger partial charge in [0.2, 0.25) is 5.95 Å². The highest BCUT2D eigenvalue weighted by atomic mass is 16.2. The molecule has 3 rings (SSSR count). The number of carbonyl (C=O) groups excluding carboxylic acids is 1. The Morgan fingerprint density at radius 1 is 1.21 bits per heavy atom. The van der Waals surface area contributed by atoms with E-state index in [1.165, 1.54) is 6.07 Å². The molecule has 0 atom stereocenters. The summed E-state index contributed by atoms with van der Waals surface area (Å²) in [5.74, 6) is -0.0226. The van der Waals surface area contributed by atoms with Crippen molar-refractivity contribution in [1.29, 1.82) is 0 Å². The minimum absolute atomic E-state index is 0.0343. The second kappa shape index (κ2) is 9.36. The Morgan fingerprint density at radius 3 is 2.89 bits per heavy atom. The van der Waals surface area contributed by atoms with E-state index in [4.69, 9.17) is 0 Å². The minimum Gasteiger partial charge on any atom is -0.354 e. The van der Waals surface area contributed by atoms with Gasteiger partial charge in [-0.3, -0.25) is 14.6 Å². The van der Waals surface area contributed by atoms with Gasteiger partial charge in [-0.2, -0.15) is 5.10 Å². The van der Waals surface area contributed by atoms with Gasteiger partial charge in [0, 0.05) is 31.7 Å². The van der Waals surface area contributed by atoms with E-state index in [-0.39, 0.29) is 12.1 Å². The highest BCUT2D eigenvalue weighted by Crippen LogP contribution is 2.14.